The van der Waals surface area contributed by atoms with Gasteiger partial charge in [0.05, 0.1) is 22.4 Å². The highest BCUT2D eigenvalue weighted by Crippen LogP contribution is 2.45. The lowest BCUT2D eigenvalue weighted by atomic mass is 9.94. The van der Waals surface area contributed by atoms with E-state index in [0.29, 0.717) is 0 Å². The van der Waals surface area contributed by atoms with Crippen LogP contribution in [-0.2, 0) is 0 Å². The van der Waals surface area contributed by atoms with Gasteiger partial charge in [0.1, 0.15) is 0 Å². The Hall–Kier alpha value is -8.46. The summed E-state index contributed by atoms with van der Waals surface area (Å²) in [5, 5.41) is 7.41. The van der Waals surface area contributed by atoms with E-state index in [9.17, 15) is 0 Å². The maximum absolute atomic E-state index is 2.43. The van der Waals surface area contributed by atoms with Crippen LogP contribution in [0.2, 0.25) is 0 Å². The molecule has 2 nitrogen and oxygen atoms in total. The zero-order chi connectivity index (χ0) is 42.4. The van der Waals surface area contributed by atoms with Crippen LogP contribution in [0.4, 0.5) is 17.1 Å². The summed E-state index contributed by atoms with van der Waals surface area (Å²) in [6, 6.07) is 92.6. The number of hydrogen-bond acceptors (Lipinski definition) is 1. The van der Waals surface area contributed by atoms with Crippen LogP contribution in [0.3, 0.4) is 0 Å². The summed E-state index contributed by atoms with van der Waals surface area (Å²) < 4.78 is 2.43. The van der Waals surface area contributed by atoms with Crippen LogP contribution in [0.25, 0.3) is 93.5 Å². The van der Waals surface area contributed by atoms with Gasteiger partial charge in [-0.15, -0.1) is 0 Å². The third-order valence-electron chi connectivity index (χ3n) is 12.8. The topological polar surface area (TPSA) is 8.17 Å². The van der Waals surface area contributed by atoms with Gasteiger partial charge in [0, 0.05) is 33.1 Å². The lowest BCUT2D eigenvalue weighted by molar-refractivity contribution is 1.18. The first-order valence-corrected chi connectivity index (χ1v) is 22.0. The number of rotatable bonds is 8. The van der Waals surface area contributed by atoms with E-state index in [4.69, 9.17) is 0 Å². The molecular weight excluding hydrogens is 773 g/mol. The Labute approximate surface area is 373 Å². The zero-order valence-corrected chi connectivity index (χ0v) is 35.1. The van der Waals surface area contributed by atoms with Crippen LogP contribution in [0.1, 0.15) is 0 Å². The Morgan fingerprint density at radius 3 is 1.36 bits per heavy atom. The van der Waals surface area contributed by atoms with Crippen molar-refractivity contribution in [1.29, 1.82) is 0 Å². The lowest BCUT2D eigenvalue weighted by Crippen LogP contribution is -2.10. The van der Waals surface area contributed by atoms with Gasteiger partial charge in [-0.2, -0.15) is 0 Å². The predicted octanol–water partition coefficient (Wildman–Crippen LogP) is 17.2. The summed E-state index contributed by atoms with van der Waals surface area (Å²) in [5.41, 5.74) is 16.5. The molecule has 0 saturated heterocycles. The average molecular weight is 815 g/mol. The number of anilines is 3. The van der Waals surface area contributed by atoms with Crippen LogP contribution in [0.5, 0.6) is 0 Å². The molecule has 0 radical (unpaired) electrons. The van der Waals surface area contributed by atoms with Crippen molar-refractivity contribution in [2.45, 2.75) is 0 Å². The highest BCUT2D eigenvalue weighted by molar-refractivity contribution is 6.11. The molecule has 0 atom stereocenters. The quantitative estimate of drug-likeness (QED) is 0.148. The minimum Gasteiger partial charge on any atom is -0.310 e. The fourth-order valence-electron chi connectivity index (χ4n) is 9.77. The molecule has 12 aromatic rings. The first-order valence-electron chi connectivity index (χ1n) is 22.0. The number of nitrogens with zero attached hydrogens (tertiary/aromatic N) is 2. The van der Waals surface area contributed by atoms with Gasteiger partial charge in [0.25, 0.3) is 0 Å². The van der Waals surface area contributed by atoms with E-state index < -0.39 is 0 Å². The van der Waals surface area contributed by atoms with Crippen molar-refractivity contribution in [3.8, 4) is 50.2 Å². The average Bonchev–Trinajstić information content (AvgIpc) is 3.71. The molecule has 0 aliphatic rings. The van der Waals surface area contributed by atoms with Gasteiger partial charge in [-0.25, -0.2) is 0 Å². The molecule has 0 bridgehead atoms. The highest BCUT2D eigenvalue weighted by Gasteiger charge is 2.21. The van der Waals surface area contributed by atoms with Gasteiger partial charge in [0.2, 0.25) is 0 Å². The van der Waals surface area contributed by atoms with Crippen molar-refractivity contribution in [1.82, 2.24) is 4.57 Å². The monoisotopic (exact) mass is 814 g/mol. The number of para-hydroxylation sites is 3. The van der Waals surface area contributed by atoms with Gasteiger partial charge in [0.15, 0.2) is 0 Å². The van der Waals surface area contributed by atoms with E-state index in [-0.39, 0.29) is 0 Å². The molecule has 1 aromatic heterocycles. The normalized spacial score (nSPS) is 11.4. The molecule has 0 aliphatic carbocycles. The van der Waals surface area contributed by atoms with E-state index in [0.717, 1.165) is 22.7 Å². The van der Waals surface area contributed by atoms with Crippen LogP contribution in [-0.4, -0.2) is 4.57 Å². The lowest BCUT2D eigenvalue weighted by Gasteiger charge is -2.28. The molecule has 0 aliphatic heterocycles. The summed E-state index contributed by atoms with van der Waals surface area (Å²) in [6.07, 6.45) is 0. The van der Waals surface area contributed by atoms with Crippen molar-refractivity contribution in [3.05, 3.63) is 255 Å². The summed E-state index contributed by atoms with van der Waals surface area (Å²) >= 11 is 0. The van der Waals surface area contributed by atoms with E-state index in [1.807, 2.05) is 0 Å². The van der Waals surface area contributed by atoms with Gasteiger partial charge in [-0.3, -0.25) is 0 Å². The van der Waals surface area contributed by atoms with Gasteiger partial charge >= 0.3 is 0 Å². The molecular formula is C62H42N2. The molecule has 12 rings (SSSR count). The number of hydrogen-bond donors (Lipinski definition) is 0. The van der Waals surface area contributed by atoms with Crippen LogP contribution < -0.4 is 4.90 Å². The molecule has 0 N–H and O–H groups in total. The molecule has 1 heterocycles. The summed E-state index contributed by atoms with van der Waals surface area (Å²) in [7, 11) is 0. The third-order valence-corrected chi connectivity index (χ3v) is 12.8. The van der Waals surface area contributed by atoms with E-state index in [2.05, 4.69) is 264 Å². The first-order chi connectivity index (χ1) is 31.8. The van der Waals surface area contributed by atoms with Crippen molar-refractivity contribution in [3.63, 3.8) is 0 Å². The smallest absolute Gasteiger partial charge is 0.0541 e. The second-order valence-corrected chi connectivity index (χ2v) is 16.5. The minimum atomic E-state index is 1.09. The molecule has 0 fully saturated rings. The number of benzene rings is 11. The Bertz CT molecular complexity index is 3580. The first kappa shape index (κ1) is 37.3. The fraction of sp³-hybridized carbons (Fsp3) is 0. The molecule has 11 aromatic carbocycles. The van der Waals surface area contributed by atoms with Gasteiger partial charge in [-0.1, -0.05) is 206 Å². The third kappa shape index (κ3) is 6.44. The summed E-state index contributed by atoms with van der Waals surface area (Å²) in [5.74, 6) is 0. The van der Waals surface area contributed by atoms with Crippen molar-refractivity contribution in [2.24, 2.45) is 0 Å². The Morgan fingerprint density at radius 1 is 0.250 bits per heavy atom. The standard InChI is InChI=1S/C62H42N2/c1-2-15-43(16-3-1)45-33-37-49(38-34-45)63(50-39-35-46(36-40-50)44-29-31-48(32-30-44)52-25-14-18-47-17-4-5-19-51(47)52)62-42-41-54(53-20-6-7-21-55(53)62)56-22-8-11-26-59(56)64-60-27-12-9-23-57(60)58-24-10-13-28-61(58)64/h1-42H. The van der Waals surface area contributed by atoms with Crippen LogP contribution in [0.15, 0.2) is 255 Å². The summed E-state index contributed by atoms with van der Waals surface area (Å²) in [6.45, 7) is 0. The molecule has 0 unspecified atom stereocenters. The molecule has 0 amide bonds. The molecule has 2 heteroatoms. The fourth-order valence-corrected chi connectivity index (χ4v) is 9.77. The zero-order valence-electron chi connectivity index (χ0n) is 35.1. The number of fused-ring (bicyclic) bond motifs is 5. The minimum absolute atomic E-state index is 1.09. The summed E-state index contributed by atoms with van der Waals surface area (Å²) in [4.78, 5) is 2.41. The van der Waals surface area contributed by atoms with Gasteiger partial charge < -0.3 is 9.47 Å². The molecule has 64 heavy (non-hydrogen) atoms. The van der Waals surface area contributed by atoms with Crippen molar-refractivity contribution in [2.75, 3.05) is 4.90 Å². The Balaban J connectivity index is 0.973. The van der Waals surface area contributed by atoms with Crippen molar-refractivity contribution < 1.29 is 0 Å². The van der Waals surface area contributed by atoms with Gasteiger partial charge in [-0.05, 0) is 104 Å². The maximum Gasteiger partial charge on any atom is 0.0541 e. The largest absolute Gasteiger partial charge is 0.310 e. The maximum atomic E-state index is 2.43. The molecule has 300 valence electrons. The van der Waals surface area contributed by atoms with Crippen LogP contribution >= 0.6 is 0 Å². The Morgan fingerprint density at radius 2 is 0.703 bits per heavy atom. The van der Waals surface area contributed by atoms with E-state index in [1.54, 1.807) is 0 Å². The molecule has 0 saturated carbocycles. The van der Waals surface area contributed by atoms with Crippen molar-refractivity contribution >= 4 is 60.4 Å². The van der Waals surface area contributed by atoms with E-state index >= 15 is 0 Å². The van der Waals surface area contributed by atoms with Crippen LogP contribution in [0, 0.1) is 0 Å². The second kappa shape index (κ2) is 15.8. The highest BCUT2D eigenvalue weighted by atomic mass is 15.1. The SMILES string of the molecule is c1ccc(-c2ccc(N(c3ccc(-c4ccc(-c5cccc6ccccc56)cc4)cc3)c3ccc(-c4ccccc4-n4c5ccccc5c5ccccc54)c4ccccc34)cc2)cc1. The second-order valence-electron chi connectivity index (χ2n) is 16.5. The van der Waals surface area contributed by atoms with E-state index in [1.165, 1.54) is 87.9 Å². The molecule has 0 spiro atoms. The predicted molar refractivity (Wildman–Crippen MR) is 272 cm³/mol. The Kier molecular flexibility index (Phi) is 9.20. The number of aromatic nitrogens is 1.